The number of nitrogens with zero attached hydrogens (tertiary/aromatic N) is 7. The van der Waals surface area contributed by atoms with E-state index in [1.807, 2.05) is 0 Å². The molecule has 0 bridgehead atoms. The van der Waals surface area contributed by atoms with Crippen molar-refractivity contribution in [3.8, 4) is 5.75 Å². The molecule has 0 spiro atoms. The predicted octanol–water partition coefficient (Wildman–Crippen LogP) is 3.24. The molecule has 0 radical (unpaired) electrons. The van der Waals surface area contributed by atoms with Gasteiger partial charge in [-0.15, -0.1) is 0 Å². The van der Waals surface area contributed by atoms with Crippen LogP contribution in [0.15, 0.2) is 53.3 Å². The molecule has 1 aromatic carbocycles. The lowest BCUT2D eigenvalue weighted by Crippen LogP contribution is -2.02. The van der Waals surface area contributed by atoms with Crippen LogP contribution in [0.5, 0.6) is 5.75 Å². The number of imidazole rings is 2. The van der Waals surface area contributed by atoms with Crippen molar-refractivity contribution in [2.24, 2.45) is 18.7 Å². The van der Waals surface area contributed by atoms with Crippen molar-refractivity contribution in [2.75, 3.05) is 13.2 Å². The van der Waals surface area contributed by atoms with Gasteiger partial charge in [-0.2, -0.15) is 0 Å². The number of hydrogen-bond donors (Lipinski definition) is 3. The maximum Gasteiger partial charge on any atom is 0.396 e. The van der Waals surface area contributed by atoms with Crippen LogP contribution in [0.3, 0.4) is 0 Å². The first-order chi connectivity index (χ1) is 18.7. The number of nitrogens with two attached hydrogens (primary N) is 2. The van der Waals surface area contributed by atoms with Crippen LogP contribution in [0.4, 0.5) is 11.5 Å². The van der Waals surface area contributed by atoms with Crippen molar-refractivity contribution in [1.29, 1.82) is 0 Å². The van der Waals surface area contributed by atoms with Crippen LogP contribution in [-0.2, 0) is 27.9 Å². The van der Waals surface area contributed by atoms with E-state index in [0.29, 0.717) is 40.2 Å². The fraction of sp³-hybridized carbons (Fsp3) is 0.263. The summed E-state index contributed by atoms with van der Waals surface area (Å²) >= 11 is 6.32. The van der Waals surface area contributed by atoms with Crippen molar-refractivity contribution in [3.05, 3.63) is 63.5 Å². The van der Waals surface area contributed by atoms with Crippen molar-refractivity contribution in [2.45, 2.75) is 23.9 Å². The Labute approximate surface area is 230 Å². The number of nitrogens with one attached hydrogen (secondary N) is 1. The minimum Gasteiger partial charge on any atom is -0.424 e. The Morgan fingerprint density at radius 2 is 1.69 bits per heavy atom. The minimum absolute atomic E-state index is 0.0107. The molecule has 0 saturated heterocycles. The van der Waals surface area contributed by atoms with E-state index in [1.165, 1.54) is 43.2 Å². The number of nitro groups is 2. The second kappa shape index (κ2) is 15.1. The number of non-ortho nitro benzene ring substituents is 1. The summed E-state index contributed by atoms with van der Waals surface area (Å²) < 4.78 is 17.7. The van der Waals surface area contributed by atoms with Crippen molar-refractivity contribution in [3.63, 3.8) is 0 Å². The molecular weight excluding hydrogens is 575 g/mol. The topological polar surface area (TPSA) is 238 Å². The number of hydrogen-bond acceptors (Lipinski definition) is 15. The third-order valence-corrected chi connectivity index (χ3v) is 7.86. The molecule has 0 unspecified atom stereocenters. The fourth-order valence-corrected chi connectivity index (χ4v) is 5.75. The molecule has 210 valence electrons. The highest BCUT2D eigenvalue weighted by molar-refractivity contribution is 8.07. The maximum absolute atomic E-state index is 10.9. The second-order valence-corrected chi connectivity index (χ2v) is 10.7. The number of H-pyrrole nitrogens is 1. The minimum atomic E-state index is -2.82. The molecule has 0 aliphatic heterocycles. The van der Waals surface area contributed by atoms with Crippen molar-refractivity contribution >= 4 is 53.0 Å². The first kappa shape index (κ1) is 31.6. The Morgan fingerprint density at radius 1 is 1.05 bits per heavy atom. The molecule has 0 aliphatic rings. The van der Waals surface area contributed by atoms with E-state index in [0.717, 1.165) is 11.8 Å². The van der Waals surface area contributed by atoms with Crippen molar-refractivity contribution < 1.29 is 23.4 Å². The quantitative estimate of drug-likeness (QED) is 0.0778. The Bertz CT molecular complexity index is 1420. The summed E-state index contributed by atoms with van der Waals surface area (Å²) in [5.41, 5.74) is 1.15. The number of aromatic nitrogens is 6. The molecule has 39 heavy (non-hydrogen) atoms. The summed E-state index contributed by atoms with van der Waals surface area (Å²) in [6.45, 7) is 1.52. The first-order valence-corrected chi connectivity index (χ1v) is 14.2. The third-order valence-electron chi connectivity index (χ3n) is 4.26. The van der Waals surface area contributed by atoms with Crippen LogP contribution in [0.25, 0.3) is 11.2 Å². The molecule has 17 nitrogen and oxygen atoms in total. The fourth-order valence-electron chi connectivity index (χ4n) is 2.73. The zero-order valence-corrected chi connectivity index (χ0v) is 23.4. The highest BCUT2D eigenvalue weighted by atomic mass is 32.5. The Hall–Kier alpha value is -3.58. The van der Waals surface area contributed by atoms with Gasteiger partial charge in [-0.25, -0.2) is 15.0 Å². The van der Waals surface area contributed by atoms with Crippen LogP contribution in [0, 0.1) is 20.2 Å². The normalized spacial score (nSPS) is 10.7. The van der Waals surface area contributed by atoms with E-state index in [9.17, 15) is 20.2 Å². The molecule has 20 heteroatoms. The lowest BCUT2D eigenvalue weighted by Gasteiger charge is -2.20. The van der Waals surface area contributed by atoms with Gasteiger partial charge in [0.2, 0.25) is 6.33 Å². The lowest BCUT2D eigenvalue weighted by atomic mass is 10.3. The molecule has 0 saturated carbocycles. The van der Waals surface area contributed by atoms with Crippen LogP contribution >= 0.6 is 18.5 Å². The first-order valence-electron chi connectivity index (χ1n) is 10.8. The molecule has 4 rings (SSSR count). The predicted molar refractivity (Wildman–Crippen MR) is 145 cm³/mol. The molecule has 5 N–H and O–H groups in total. The lowest BCUT2D eigenvalue weighted by molar-refractivity contribution is -0.392. The van der Waals surface area contributed by atoms with Crippen LogP contribution in [0.1, 0.15) is 13.8 Å². The molecule has 0 aliphatic carbocycles. The van der Waals surface area contributed by atoms with Gasteiger partial charge >= 0.3 is 12.5 Å². The molecule has 4 aromatic rings. The highest BCUT2D eigenvalue weighted by Crippen LogP contribution is 2.49. The number of aromatic amines is 1. The van der Waals surface area contributed by atoms with Gasteiger partial charge in [0.25, 0.3) is 5.69 Å². The van der Waals surface area contributed by atoms with Gasteiger partial charge in [0.15, 0.2) is 10.7 Å². The third kappa shape index (κ3) is 8.72. The van der Waals surface area contributed by atoms with Gasteiger partial charge in [-0.05, 0) is 47.6 Å². The molecule has 0 amide bonds. The van der Waals surface area contributed by atoms with Gasteiger partial charge < -0.3 is 24.2 Å². The SMILES string of the molecule is CCOP(=S)(OCC)Oc1ccc([N+](=O)[O-])cc1.Cn1cnc([N+](=O)[O-])c1Sc1ncnc2nc[nH]c12.NN. The van der Waals surface area contributed by atoms with E-state index in [1.54, 1.807) is 25.5 Å². The Morgan fingerprint density at radius 3 is 2.26 bits per heavy atom. The standard InChI is InChI=1S/C10H14NO5PS.C9H7N7O2S.H4N2/c1-3-14-17(18,15-4-2)16-10-7-5-9(6-8-10)11(12)13;1-15-4-14-7(16(17)18)9(15)19-8-5-6(11-2-10-5)12-3-13-8;1-2/h5-8H,3-4H2,1-2H3;2-4H,1H3,(H,10,11,12,13);1-2H2. The highest BCUT2D eigenvalue weighted by Gasteiger charge is 2.23. The number of rotatable bonds is 10. The summed E-state index contributed by atoms with van der Waals surface area (Å²) in [6.07, 6.45) is 4.26. The second-order valence-electron chi connectivity index (χ2n) is 6.75. The van der Waals surface area contributed by atoms with Gasteiger partial charge in [0, 0.05) is 31.0 Å². The van der Waals surface area contributed by atoms with E-state index in [4.69, 9.17) is 25.4 Å². The van der Waals surface area contributed by atoms with Gasteiger partial charge in [0.1, 0.15) is 22.6 Å². The van der Waals surface area contributed by atoms with E-state index < -0.39 is 16.6 Å². The average Bonchev–Trinajstić information content (AvgIpc) is 3.54. The van der Waals surface area contributed by atoms with Crippen LogP contribution in [0.2, 0.25) is 0 Å². The van der Waals surface area contributed by atoms with Gasteiger partial charge in [-0.1, -0.05) is 0 Å². The largest absolute Gasteiger partial charge is 0.424 e. The van der Waals surface area contributed by atoms with Crippen LogP contribution in [-0.4, -0.2) is 52.5 Å². The summed E-state index contributed by atoms with van der Waals surface area (Å²) in [5.74, 6) is 8.20. The zero-order valence-electron chi connectivity index (χ0n) is 20.9. The molecule has 0 atom stereocenters. The molecular formula is C19H25N10O7PS2. The Balaban J connectivity index is 0.000000258. The van der Waals surface area contributed by atoms with Crippen molar-refractivity contribution in [1.82, 2.24) is 29.5 Å². The summed E-state index contributed by atoms with van der Waals surface area (Å²) in [4.78, 5) is 39.2. The smallest absolute Gasteiger partial charge is 0.396 e. The zero-order chi connectivity index (χ0) is 29.0. The van der Waals surface area contributed by atoms with Crippen LogP contribution < -0.4 is 16.2 Å². The average molecular weight is 601 g/mol. The summed E-state index contributed by atoms with van der Waals surface area (Å²) in [5, 5.41) is 22.4. The number of aryl methyl sites for hydroxylation is 1. The number of hydrazine groups is 1. The Kier molecular flexibility index (Phi) is 12.3. The van der Waals surface area contributed by atoms with Gasteiger partial charge in [-0.3, -0.25) is 30.8 Å². The number of fused-ring (bicyclic) bond motifs is 1. The maximum atomic E-state index is 10.9. The molecule has 0 fully saturated rings. The molecule has 3 heterocycles. The number of benzene rings is 1. The summed E-state index contributed by atoms with van der Waals surface area (Å²) in [7, 11) is 1.69. The monoisotopic (exact) mass is 600 g/mol. The van der Waals surface area contributed by atoms with E-state index in [-0.39, 0.29) is 11.5 Å². The van der Waals surface area contributed by atoms with E-state index >= 15 is 0 Å². The number of nitro benzene ring substituents is 1. The summed E-state index contributed by atoms with van der Waals surface area (Å²) in [6, 6.07) is 5.62. The molecule has 3 aromatic heterocycles. The van der Waals surface area contributed by atoms with Gasteiger partial charge in [0.05, 0.1) is 24.5 Å². The van der Waals surface area contributed by atoms with E-state index in [2.05, 4.69) is 36.6 Å².